The van der Waals surface area contributed by atoms with Crippen LogP contribution in [0.3, 0.4) is 0 Å². The summed E-state index contributed by atoms with van der Waals surface area (Å²) < 4.78 is 29.4. The van der Waals surface area contributed by atoms with Crippen molar-refractivity contribution in [2.45, 2.75) is 25.7 Å². The van der Waals surface area contributed by atoms with Crippen LogP contribution >= 0.6 is 0 Å². The van der Waals surface area contributed by atoms with Crippen molar-refractivity contribution in [2.24, 2.45) is 0 Å². The Morgan fingerprint density at radius 2 is 2.15 bits per heavy atom. The molecule has 138 valence electrons. The molecule has 4 rings (SSSR count). The Balaban J connectivity index is 1.50. The van der Waals surface area contributed by atoms with Crippen molar-refractivity contribution < 1.29 is 18.2 Å². The van der Waals surface area contributed by atoms with Crippen molar-refractivity contribution in [1.29, 1.82) is 0 Å². The second kappa shape index (κ2) is 6.45. The van der Waals surface area contributed by atoms with Gasteiger partial charge in [0.05, 0.1) is 23.7 Å². The third-order valence-corrected chi connectivity index (χ3v) is 5.38. The van der Waals surface area contributed by atoms with E-state index in [0.29, 0.717) is 25.3 Å². The van der Waals surface area contributed by atoms with E-state index in [1.807, 2.05) is 22.9 Å². The van der Waals surface area contributed by atoms with Gasteiger partial charge in [-0.25, -0.2) is 13.0 Å². The van der Waals surface area contributed by atoms with Gasteiger partial charge in [-0.2, -0.15) is 5.10 Å². The van der Waals surface area contributed by atoms with Crippen molar-refractivity contribution in [3.8, 4) is 0 Å². The van der Waals surface area contributed by atoms with Crippen LogP contribution in [0.4, 0.5) is 0 Å². The summed E-state index contributed by atoms with van der Waals surface area (Å²) in [5.74, 6) is -0.325. The molecule has 0 saturated heterocycles. The fourth-order valence-electron chi connectivity index (χ4n) is 3.24. The number of sulfone groups is 1. The zero-order valence-electron chi connectivity index (χ0n) is 14.2. The Hall–Kier alpha value is -2.30. The first kappa shape index (κ1) is 17.1. The summed E-state index contributed by atoms with van der Waals surface area (Å²) >= 11 is 0. The second-order valence-electron chi connectivity index (χ2n) is 6.65. The molecule has 0 radical (unpaired) electrons. The number of fused-ring (bicyclic) bond motifs is 2. The zero-order valence-corrected chi connectivity index (χ0v) is 15.1. The van der Waals surface area contributed by atoms with E-state index in [-0.39, 0.29) is 5.75 Å². The molecule has 0 bridgehead atoms. The van der Waals surface area contributed by atoms with Crippen molar-refractivity contribution in [1.82, 2.24) is 25.0 Å². The van der Waals surface area contributed by atoms with Gasteiger partial charge in [0.2, 0.25) is 0 Å². The standard InChI is InChI=1S/C16H19N5O4S/c1-26(23,24)10-15(22)14-7-12-9-20(5-6-21(12)17-14)8-11-3-2-4-13-16(11)19-25-18-13/h2-4,7,15,22H,5-6,8-10H2,1H3/t15-/m1/s1. The zero-order chi connectivity index (χ0) is 18.3. The average Bonchev–Trinajstić information content (AvgIpc) is 3.19. The van der Waals surface area contributed by atoms with Gasteiger partial charge >= 0.3 is 0 Å². The summed E-state index contributed by atoms with van der Waals surface area (Å²) in [5.41, 5.74) is 3.87. The molecular formula is C16H19N5O4S. The first-order chi connectivity index (χ1) is 12.4. The first-order valence-corrected chi connectivity index (χ1v) is 10.3. The molecule has 26 heavy (non-hydrogen) atoms. The summed E-state index contributed by atoms with van der Waals surface area (Å²) in [6, 6.07) is 7.56. The van der Waals surface area contributed by atoms with Gasteiger partial charge < -0.3 is 5.11 Å². The van der Waals surface area contributed by atoms with Crippen LogP contribution in [0.5, 0.6) is 0 Å². The highest BCUT2D eigenvalue weighted by Gasteiger charge is 2.23. The maximum atomic E-state index is 11.4. The maximum absolute atomic E-state index is 11.4. The molecule has 10 heteroatoms. The van der Waals surface area contributed by atoms with E-state index in [4.69, 9.17) is 4.63 Å². The van der Waals surface area contributed by atoms with Crippen LogP contribution in [0.25, 0.3) is 11.0 Å². The summed E-state index contributed by atoms with van der Waals surface area (Å²) in [6.07, 6.45) is -0.000620. The molecule has 0 saturated carbocycles. The number of aliphatic hydroxyl groups excluding tert-OH is 1. The molecular weight excluding hydrogens is 358 g/mol. The molecule has 0 fully saturated rings. The van der Waals surface area contributed by atoms with E-state index in [9.17, 15) is 13.5 Å². The van der Waals surface area contributed by atoms with Crippen LogP contribution in [-0.2, 0) is 29.5 Å². The third-order valence-electron chi connectivity index (χ3n) is 4.46. The molecule has 0 amide bonds. The summed E-state index contributed by atoms with van der Waals surface area (Å²) in [4.78, 5) is 2.24. The van der Waals surface area contributed by atoms with Crippen molar-refractivity contribution in [3.05, 3.63) is 41.2 Å². The van der Waals surface area contributed by atoms with Gasteiger partial charge in [-0.15, -0.1) is 0 Å². The highest BCUT2D eigenvalue weighted by molar-refractivity contribution is 7.90. The SMILES string of the molecule is CS(=O)(=O)C[C@@H](O)c1cc2n(n1)CCN(Cc1cccc3nonc13)C2. The molecule has 1 aromatic carbocycles. The van der Waals surface area contributed by atoms with Crippen molar-refractivity contribution in [2.75, 3.05) is 18.6 Å². The van der Waals surface area contributed by atoms with Gasteiger partial charge in [-0.3, -0.25) is 9.58 Å². The van der Waals surface area contributed by atoms with Crippen molar-refractivity contribution in [3.63, 3.8) is 0 Å². The molecule has 0 spiro atoms. The lowest BCUT2D eigenvalue weighted by Crippen LogP contribution is -2.33. The topological polar surface area (TPSA) is 114 Å². The number of aliphatic hydroxyl groups is 1. The lowest BCUT2D eigenvalue weighted by atomic mass is 10.1. The second-order valence-corrected chi connectivity index (χ2v) is 8.84. The van der Waals surface area contributed by atoms with Gasteiger partial charge in [0.25, 0.3) is 0 Å². The molecule has 1 atom stereocenters. The van der Waals surface area contributed by atoms with Crippen LogP contribution in [0.15, 0.2) is 28.9 Å². The smallest absolute Gasteiger partial charge is 0.150 e. The van der Waals surface area contributed by atoms with Crippen LogP contribution in [0.2, 0.25) is 0 Å². The predicted octanol–water partition coefficient (Wildman–Crippen LogP) is 0.513. The Morgan fingerprint density at radius 3 is 2.96 bits per heavy atom. The minimum atomic E-state index is -3.27. The molecule has 1 aliphatic heterocycles. The van der Waals surface area contributed by atoms with Gasteiger partial charge in [-0.05, 0) is 28.0 Å². The Kier molecular flexibility index (Phi) is 4.25. The lowest BCUT2D eigenvalue weighted by Gasteiger charge is -2.27. The maximum Gasteiger partial charge on any atom is 0.150 e. The molecule has 2 aromatic heterocycles. The molecule has 3 aromatic rings. The summed E-state index contributed by atoms with van der Waals surface area (Å²) in [7, 11) is -3.27. The molecule has 0 aliphatic carbocycles. The van der Waals surface area contributed by atoms with E-state index in [2.05, 4.69) is 20.3 Å². The highest BCUT2D eigenvalue weighted by atomic mass is 32.2. The summed E-state index contributed by atoms with van der Waals surface area (Å²) in [6.45, 7) is 2.81. The first-order valence-electron chi connectivity index (χ1n) is 8.24. The minimum absolute atomic E-state index is 0.325. The van der Waals surface area contributed by atoms with Crippen molar-refractivity contribution >= 4 is 20.9 Å². The van der Waals surface area contributed by atoms with Crippen LogP contribution in [0, 0.1) is 0 Å². The molecule has 3 heterocycles. The molecule has 1 aliphatic rings. The van der Waals surface area contributed by atoms with E-state index in [1.54, 1.807) is 6.07 Å². The normalized spacial score (nSPS) is 16.7. The Bertz CT molecular complexity index is 1040. The van der Waals surface area contributed by atoms with Gasteiger partial charge in [0.1, 0.15) is 27.0 Å². The molecule has 9 nitrogen and oxygen atoms in total. The van der Waals surface area contributed by atoms with E-state index in [0.717, 1.165) is 35.1 Å². The Morgan fingerprint density at radius 1 is 1.31 bits per heavy atom. The largest absolute Gasteiger partial charge is 0.386 e. The Labute approximate surface area is 150 Å². The number of aromatic nitrogens is 4. The predicted molar refractivity (Wildman–Crippen MR) is 92.8 cm³/mol. The quantitative estimate of drug-likeness (QED) is 0.684. The molecule has 0 unspecified atom stereocenters. The molecule has 1 N–H and O–H groups in total. The van der Waals surface area contributed by atoms with Gasteiger partial charge in [-0.1, -0.05) is 12.1 Å². The monoisotopic (exact) mass is 377 g/mol. The third kappa shape index (κ3) is 3.48. The van der Waals surface area contributed by atoms with Gasteiger partial charge in [0.15, 0.2) is 0 Å². The van der Waals surface area contributed by atoms with Gasteiger partial charge in [0, 0.05) is 25.9 Å². The minimum Gasteiger partial charge on any atom is -0.386 e. The van der Waals surface area contributed by atoms with E-state index in [1.165, 1.54) is 0 Å². The number of nitrogens with zero attached hydrogens (tertiary/aromatic N) is 5. The van der Waals surface area contributed by atoms with Crippen LogP contribution in [-0.4, -0.2) is 57.1 Å². The fourth-order valence-corrected chi connectivity index (χ4v) is 3.99. The lowest BCUT2D eigenvalue weighted by molar-refractivity contribution is 0.191. The fraction of sp³-hybridized carbons (Fsp3) is 0.438. The van der Waals surface area contributed by atoms with E-state index < -0.39 is 15.9 Å². The number of benzene rings is 1. The number of hydrogen-bond acceptors (Lipinski definition) is 8. The van der Waals surface area contributed by atoms with E-state index >= 15 is 0 Å². The number of rotatable bonds is 5. The van der Waals surface area contributed by atoms with Crippen LogP contribution in [0.1, 0.15) is 23.1 Å². The number of hydrogen-bond donors (Lipinski definition) is 1. The van der Waals surface area contributed by atoms with Crippen LogP contribution < -0.4 is 0 Å². The summed E-state index contributed by atoms with van der Waals surface area (Å²) in [5, 5.41) is 22.3. The highest BCUT2D eigenvalue weighted by Crippen LogP contribution is 2.22. The average molecular weight is 377 g/mol.